The fourth-order valence-corrected chi connectivity index (χ4v) is 1.48. The fourth-order valence-electron chi connectivity index (χ4n) is 1.24. The largest absolute Gasteiger partial charge is 0.360 e. The van der Waals surface area contributed by atoms with Crippen LogP contribution in [0.2, 0.25) is 0 Å². The normalized spacial score (nSPS) is 14.9. The molecule has 0 amide bonds. The number of benzene rings is 1. The van der Waals surface area contributed by atoms with E-state index >= 15 is 0 Å². The minimum absolute atomic E-state index is 0.630. The summed E-state index contributed by atoms with van der Waals surface area (Å²) in [5.74, 6) is 0. The molecule has 1 aliphatic carbocycles. The van der Waals surface area contributed by atoms with Crippen LogP contribution >= 0.6 is 12.2 Å². The molecule has 0 atom stereocenters. The molecule has 14 heavy (non-hydrogen) atoms. The lowest BCUT2D eigenvalue weighted by atomic mass is 10.2. The summed E-state index contributed by atoms with van der Waals surface area (Å²) in [5.41, 5.74) is 1.26. The van der Waals surface area contributed by atoms with Gasteiger partial charge in [0, 0.05) is 12.6 Å². The van der Waals surface area contributed by atoms with Gasteiger partial charge in [-0.2, -0.15) is 0 Å². The average Bonchev–Trinajstić information content (AvgIpc) is 3.00. The van der Waals surface area contributed by atoms with Gasteiger partial charge in [0.25, 0.3) is 0 Å². The van der Waals surface area contributed by atoms with Gasteiger partial charge in [-0.05, 0) is 30.6 Å². The van der Waals surface area contributed by atoms with Crippen molar-refractivity contribution in [2.75, 3.05) is 0 Å². The predicted octanol–water partition coefficient (Wildman–Crippen LogP) is 1.81. The monoisotopic (exact) mass is 206 g/mol. The van der Waals surface area contributed by atoms with Crippen LogP contribution in [0.3, 0.4) is 0 Å². The van der Waals surface area contributed by atoms with Crippen molar-refractivity contribution in [2.45, 2.75) is 25.4 Å². The molecule has 74 valence electrons. The minimum atomic E-state index is 0.630. The molecular weight excluding hydrogens is 192 g/mol. The van der Waals surface area contributed by atoms with Crippen LogP contribution < -0.4 is 10.6 Å². The number of rotatable bonds is 3. The third-order valence-electron chi connectivity index (χ3n) is 2.21. The second kappa shape index (κ2) is 4.42. The first-order valence-electron chi connectivity index (χ1n) is 4.93. The van der Waals surface area contributed by atoms with Gasteiger partial charge in [0.1, 0.15) is 0 Å². The molecule has 0 heterocycles. The van der Waals surface area contributed by atoms with Gasteiger partial charge >= 0.3 is 0 Å². The molecule has 0 unspecified atom stereocenters. The van der Waals surface area contributed by atoms with Crippen molar-refractivity contribution >= 4 is 17.3 Å². The van der Waals surface area contributed by atoms with E-state index in [-0.39, 0.29) is 0 Å². The van der Waals surface area contributed by atoms with Gasteiger partial charge in [-0.15, -0.1) is 0 Å². The zero-order valence-corrected chi connectivity index (χ0v) is 8.81. The summed E-state index contributed by atoms with van der Waals surface area (Å²) in [7, 11) is 0. The van der Waals surface area contributed by atoms with Gasteiger partial charge in [0.15, 0.2) is 5.11 Å². The molecule has 1 aliphatic rings. The summed E-state index contributed by atoms with van der Waals surface area (Å²) in [4.78, 5) is 0. The Morgan fingerprint density at radius 2 is 2.00 bits per heavy atom. The van der Waals surface area contributed by atoms with Crippen LogP contribution in [0.1, 0.15) is 18.4 Å². The number of hydrogen-bond acceptors (Lipinski definition) is 1. The molecule has 2 rings (SSSR count). The van der Waals surface area contributed by atoms with Crippen molar-refractivity contribution in [2.24, 2.45) is 0 Å². The van der Waals surface area contributed by atoms with Crippen LogP contribution in [-0.4, -0.2) is 11.2 Å². The predicted molar refractivity (Wildman–Crippen MR) is 62.0 cm³/mol. The molecule has 2 N–H and O–H groups in total. The van der Waals surface area contributed by atoms with Crippen LogP contribution in [0.5, 0.6) is 0 Å². The molecule has 0 bridgehead atoms. The lowest BCUT2D eigenvalue weighted by Crippen LogP contribution is -2.35. The number of hydrogen-bond donors (Lipinski definition) is 2. The van der Waals surface area contributed by atoms with Crippen molar-refractivity contribution in [3.8, 4) is 0 Å². The standard InChI is InChI=1S/C11H14N2S/c14-11(13-10-6-7-10)12-8-9-4-2-1-3-5-9/h1-5,10H,6-8H2,(H2,12,13,14). The summed E-state index contributed by atoms with van der Waals surface area (Å²) in [6.07, 6.45) is 2.51. The summed E-state index contributed by atoms with van der Waals surface area (Å²) in [6, 6.07) is 10.9. The maximum absolute atomic E-state index is 5.15. The Balaban J connectivity index is 1.73. The van der Waals surface area contributed by atoms with E-state index in [1.54, 1.807) is 0 Å². The SMILES string of the molecule is S=C(NCc1ccccc1)NC1CC1. The summed E-state index contributed by atoms with van der Waals surface area (Å²) in [5, 5.41) is 7.21. The Morgan fingerprint density at radius 3 is 2.64 bits per heavy atom. The molecule has 2 nitrogen and oxygen atoms in total. The Hall–Kier alpha value is -1.09. The molecule has 0 spiro atoms. The maximum atomic E-state index is 5.15. The molecule has 0 radical (unpaired) electrons. The maximum Gasteiger partial charge on any atom is 0.166 e. The van der Waals surface area contributed by atoms with Crippen LogP contribution in [0, 0.1) is 0 Å². The van der Waals surface area contributed by atoms with Crippen LogP contribution in [0.15, 0.2) is 30.3 Å². The van der Waals surface area contributed by atoms with Gasteiger partial charge in [0.05, 0.1) is 0 Å². The molecule has 1 fully saturated rings. The average molecular weight is 206 g/mol. The minimum Gasteiger partial charge on any atom is -0.360 e. The Labute approximate surface area is 89.7 Å². The Morgan fingerprint density at radius 1 is 1.29 bits per heavy atom. The van der Waals surface area contributed by atoms with Gasteiger partial charge in [-0.3, -0.25) is 0 Å². The van der Waals surface area contributed by atoms with E-state index in [0.717, 1.165) is 11.7 Å². The number of nitrogens with one attached hydrogen (secondary N) is 2. The first kappa shape index (κ1) is 9.46. The third kappa shape index (κ3) is 3.00. The van der Waals surface area contributed by atoms with Gasteiger partial charge in [0.2, 0.25) is 0 Å². The van der Waals surface area contributed by atoms with E-state index in [4.69, 9.17) is 12.2 Å². The lowest BCUT2D eigenvalue weighted by Gasteiger charge is -2.09. The van der Waals surface area contributed by atoms with Gasteiger partial charge < -0.3 is 10.6 Å². The first-order chi connectivity index (χ1) is 6.84. The molecule has 1 saturated carbocycles. The molecule has 0 aromatic heterocycles. The summed E-state index contributed by atoms with van der Waals surface area (Å²) >= 11 is 5.15. The van der Waals surface area contributed by atoms with E-state index < -0.39 is 0 Å². The van der Waals surface area contributed by atoms with Crippen molar-refractivity contribution in [1.29, 1.82) is 0 Å². The molecular formula is C11H14N2S. The molecule has 1 aromatic carbocycles. The smallest absolute Gasteiger partial charge is 0.166 e. The quantitative estimate of drug-likeness (QED) is 0.738. The van der Waals surface area contributed by atoms with Crippen molar-refractivity contribution in [1.82, 2.24) is 10.6 Å². The molecule has 0 saturated heterocycles. The molecule has 1 aromatic rings. The van der Waals surface area contributed by atoms with E-state index in [2.05, 4.69) is 22.8 Å². The Bertz CT molecular complexity index is 306. The first-order valence-corrected chi connectivity index (χ1v) is 5.34. The highest BCUT2D eigenvalue weighted by atomic mass is 32.1. The topological polar surface area (TPSA) is 24.1 Å². The van der Waals surface area contributed by atoms with Gasteiger partial charge in [-0.1, -0.05) is 30.3 Å². The highest BCUT2D eigenvalue weighted by Crippen LogP contribution is 2.18. The van der Waals surface area contributed by atoms with Crippen molar-refractivity contribution in [3.63, 3.8) is 0 Å². The fraction of sp³-hybridized carbons (Fsp3) is 0.364. The Kier molecular flexibility index (Phi) is 2.99. The summed E-state index contributed by atoms with van der Waals surface area (Å²) < 4.78 is 0. The third-order valence-corrected chi connectivity index (χ3v) is 2.47. The van der Waals surface area contributed by atoms with Crippen LogP contribution in [0.25, 0.3) is 0 Å². The van der Waals surface area contributed by atoms with E-state index in [0.29, 0.717) is 6.04 Å². The highest BCUT2D eigenvalue weighted by molar-refractivity contribution is 7.80. The van der Waals surface area contributed by atoms with E-state index in [1.807, 2.05) is 18.2 Å². The molecule has 0 aliphatic heterocycles. The van der Waals surface area contributed by atoms with E-state index in [1.165, 1.54) is 18.4 Å². The second-order valence-electron chi connectivity index (χ2n) is 3.59. The lowest BCUT2D eigenvalue weighted by molar-refractivity contribution is 0.829. The zero-order chi connectivity index (χ0) is 9.80. The summed E-state index contributed by atoms with van der Waals surface area (Å²) in [6.45, 7) is 0.805. The highest BCUT2D eigenvalue weighted by Gasteiger charge is 2.21. The second-order valence-corrected chi connectivity index (χ2v) is 4.00. The number of thiocarbonyl (C=S) groups is 1. The van der Waals surface area contributed by atoms with Crippen LogP contribution in [-0.2, 0) is 6.54 Å². The van der Waals surface area contributed by atoms with Crippen molar-refractivity contribution < 1.29 is 0 Å². The van der Waals surface area contributed by atoms with Crippen LogP contribution in [0.4, 0.5) is 0 Å². The molecule has 3 heteroatoms. The van der Waals surface area contributed by atoms with E-state index in [9.17, 15) is 0 Å². The van der Waals surface area contributed by atoms with Gasteiger partial charge in [-0.25, -0.2) is 0 Å². The zero-order valence-electron chi connectivity index (χ0n) is 7.99. The van der Waals surface area contributed by atoms with Crippen molar-refractivity contribution in [3.05, 3.63) is 35.9 Å².